The van der Waals surface area contributed by atoms with E-state index in [0.29, 0.717) is 22.5 Å². The van der Waals surface area contributed by atoms with Crippen LogP contribution in [0.4, 0.5) is 5.82 Å². The fourth-order valence-electron chi connectivity index (χ4n) is 2.20. The van der Waals surface area contributed by atoms with Crippen LogP contribution in [0.2, 0.25) is 0 Å². The first kappa shape index (κ1) is 20.7. The van der Waals surface area contributed by atoms with Crippen molar-refractivity contribution < 1.29 is 14.3 Å². The van der Waals surface area contributed by atoms with Crippen LogP contribution < -0.4 is 11.1 Å². The highest BCUT2D eigenvalue weighted by molar-refractivity contribution is 7.98. The van der Waals surface area contributed by atoms with Gasteiger partial charge in [-0.2, -0.15) is 0 Å². The molecule has 0 spiro atoms. The van der Waals surface area contributed by atoms with Crippen molar-refractivity contribution in [2.45, 2.75) is 24.4 Å². The average molecular weight is 431 g/mol. The standard InChI is InChI=1S/C18H18N6O3S2/c1-2-27-17(26)12-9-21-18(22-14(12)19)28-10-13-23-24-16(29-13)15(25)20-8-11-6-4-3-5-7-11/h3-7,9H,2,8,10H2,1H3,(H,20,25)(H2,19,21,22). The molecule has 1 amide bonds. The van der Waals surface area contributed by atoms with Crippen LogP contribution >= 0.6 is 23.1 Å². The summed E-state index contributed by atoms with van der Waals surface area (Å²) in [5.74, 6) is -0.361. The molecule has 2 heterocycles. The number of benzene rings is 1. The number of carbonyl (C=O) groups is 2. The summed E-state index contributed by atoms with van der Waals surface area (Å²) in [5.41, 5.74) is 6.93. The number of nitrogens with one attached hydrogen (secondary N) is 1. The molecule has 0 saturated heterocycles. The van der Waals surface area contributed by atoms with Gasteiger partial charge in [0.15, 0.2) is 5.16 Å². The Balaban J connectivity index is 1.54. The average Bonchev–Trinajstić information content (AvgIpc) is 3.20. The lowest BCUT2D eigenvalue weighted by Gasteiger charge is -2.05. The lowest BCUT2D eigenvalue weighted by molar-refractivity contribution is 0.0526. The van der Waals surface area contributed by atoms with Crippen LogP contribution in [0, 0.1) is 0 Å². The Morgan fingerprint density at radius 1 is 1.24 bits per heavy atom. The summed E-state index contributed by atoms with van der Waals surface area (Å²) in [6.07, 6.45) is 1.34. The quantitative estimate of drug-likeness (QED) is 0.314. The van der Waals surface area contributed by atoms with Crippen molar-refractivity contribution in [1.29, 1.82) is 0 Å². The minimum absolute atomic E-state index is 0.0548. The number of ether oxygens (including phenoxy) is 1. The second kappa shape index (κ2) is 9.94. The topological polar surface area (TPSA) is 133 Å². The molecule has 0 unspecified atom stereocenters. The first-order valence-electron chi connectivity index (χ1n) is 8.63. The fourth-order valence-corrected chi connectivity index (χ4v) is 3.76. The van der Waals surface area contributed by atoms with E-state index in [1.807, 2.05) is 30.3 Å². The second-order valence-electron chi connectivity index (χ2n) is 5.63. The molecule has 0 atom stereocenters. The Kier molecular flexibility index (Phi) is 7.09. The van der Waals surface area contributed by atoms with E-state index in [2.05, 4.69) is 25.5 Å². The summed E-state index contributed by atoms with van der Waals surface area (Å²) in [7, 11) is 0. The number of nitrogens with two attached hydrogens (primary N) is 1. The van der Waals surface area contributed by atoms with Gasteiger partial charge in [-0.05, 0) is 12.5 Å². The number of nitrogens with zero attached hydrogens (tertiary/aromatic N) is 4. The molecular formula is C18H18N6O3S2. The van der Waals surface area contributed by atoms with Gasteiger partial charge in [-0.15, -0.1) is 10.2 Å². The zero-order valence-electron chi connectivity index (χ0n) is 15.5. The van der Waals surface area contributed by atoms with Gasteiger partial charge in [-0.1, -0.05) is 53.4 Å². The number of hydrogen-bond acceptors (Lipinski definition) is 10. The Morgan fingerprint density at radius 2 is 2.03 bits per heavy atom. The van der Waals surface area contributed by atoms with Gasteiger partial charge in [0.1, 0.15) is 16.4 Å². The summed E-state index contributed by atoms with van der Waals surface area (Å²) in [4.78, 5) is 32.1. The van der Waals surface area contributed by atoms with Crippen LogP contribution in [-0.4, -0.2) is 38.6 Å². The molecule has 0 radical (unpaired) electrons. The van der Waals surface area contributed by atoms with E-state index in [-0.39, 0.29) is 28.9 Å². The van der Waals surface area contributed by atoms with E-state index in [1.165, 1.54) is 29.3 Å². The first-order chi connectivity index (χ1) is 14.1. The molecule has 29 heavy (non-hydrogen) atoms. The summed E-state index contributed by atoms with van der Waals surface area (Å²) in [6.45, 7) is 2.37. The van der Waals surface area contributed by atoms with Gasteiger partial charge in [0.25, 0.3) is 5.91 Å². The van der Waals surface area contributed by atoms with Crippen LogP contribution in [-0.2, 0) is 17.0 Å². The maximum atomic E-state index is 12.2. The molecule has 3 N–H and O–H groups in total. The van der Waals surface area contributed by atoms with Crippen molar-refractivity contribution in [1.82, 2.24) is 25.5 Å². The molecule has 3 aromatic rings. The van der Waals surface area contributed by atoms with E-state index in [1.54, 1.807) is 6.92 Å². The number of amides is 1. The number of nitrogen functional groups attached to an aromatic ring is 1. The van der Waals surface area contributed by atoms with Gasteiger partial charge in [-0.25, -0.2) is 14.8 Å². The van der Waals surface area contributed by atoms with E-state index in [4.69, 9.17) is 10.5 Å². The summed E-state index contributed by atoms with van der Waals surface area (Å²) in [5, 5.41) is 12.1. The van der Waals surface area contributed by atoms with Crippen LogP contribution in [0.15, 0.2) is 41.7 Å². The fraction of sp³-hybridized carbons (Fsp3) is 0.222. The van der Waals surface area contributed by atoms with Crippen LogP contribution in [0.25, 0.3) is 0 Å². The maximum Gasteiger partial charge on any atom is 0.343 e. The number of anilines is 1. The number of carbonyl (C=O) groups excluding carboxylic acids is 2. The first-order valence-corrected chi connectivity index (χ1v) is 10.4. The molecule has 9 nitrogen and oxygen atoms in total. The van der Waals surface area contributed by atoms with E-state index in [0.717, 1.165) is 5.56 Å². The monoisotopic (exact) mass is 430 g/mol. The van der Waals surface area contributed by atoms with Crippen molar-refractivity contribution in [3.8, 4) is 0 Å². The van der Waals surface area contributed by atoms with Gasteiger partial charge >= 0.3 is 5.97 Å². The number of thioether (sulfide) groups is 1. The summed E-state index contributed by atoms with van der Waals surface area (Å²) < 4.78 is 4.89. The Hall–Kier alpha value is -3.05. The Morgan fingerprint density at radius 3 is 2.76 bits per heavy atom. The molecule has 11 heteroatoms. The highest BCUT2D eigenvalue weighted by atomic mass is 32.2. The summed E-state index contributed by atoms with van der Waals surface area (Å²) >= 11 is 2.48. The molecule has 3 rings (SSSR count). The minimum Gasteiger partial charge on any atom is -0.462 e. The van der Waals surface area contributed by atoms with E-state index < -0.39 is 5.97 Å². The van der Waals surface area contributed by atoms with Crippen molar-refractivity contribution in [2.75, 3.05) is 12.3 Å². The van der Waals surface area contributed by atoms with Crippen LogP contribution in [0.5, 0.6) is 0 Å². The lowest BCUT2D eigenvalue weighted by atomic mass is 10.2. The number of aromatic nitrogens is 4. The third-order valence-electron chi connectivity index (χ3n) is 3.57. The maximum absolute atomic E-state index is 12.2. The second-order valence-corrected chi connectivity index (χ2v) is 7.63. The molecule has 0 fully saturated rings. The van der Waals surface area contributed by atoms with Gasteiger partial charge in [0.2, 0.25) is 5.01 Å². The third kappa shape index (κ3) is 5.72. The normalized spacial score (nSPS) is 10.5. The molecule has 0 bridgehead atoms. The SMILES string of the molecule is CCOC(=O)c1cnc(SCc2nnc(C(=O)NCc3ccccc3)s2)nc1N. The minimum atomic E-state index is -0.558. The van der Waals surface area contributed by atoms with Crippen molar-refractivity contribution in [3.63, 3.8) is 0 Å². The van der Waals surface area contributed by atoms with Crippen molar-refractivity contribution >= 4 is 40.8 Å². The molecule has 0 saturated carbocycles. The lowest BCUT2D eigenvalue weighted by Crippen LogP contribution is -2.22. The van der Waals surface area contributed by atoms with E-state index in [9.17, 15) is 9.59 Å². The number of esters is 1. The molecule has 1 aromatic carbocycles. The zero-order valence-corrected chi connectivity index (χ0v) is 17.1. The van der Waals surface area contributed by atoms with Crippen molar-refractivity contribution in [2.24, 2.45) is 0 Å². The molecule has 0 aliphatic carbocycles. The number of rotatable bonds is 8. The highest BCUT2D eigenvalue weighted by Gasteiger charge is 2.16. The molecule has 0 aliphatic heterocycles. The third-order valence-corrected chi connectivity index (χ3v) is 5.55. The summed E-state index contributed by atoms with van der Waals surface area (Å²) in [6, 6.07) is 9.61. The smallest absolute Gasteiger partial charge is 0.343 e. The predicted molar refractivity (Wildman–Crippen MR) is 109 cm³/mol. The Labute approximate surface area is 175 Å². The van der Waals surface area contributed by atoms with Gasteiger partial charge in [0.05, 0.1) is 12.4 Å². The van der Waals surface area contributed by atoms with Gasteiger partial charge in [0, 0.05) is 12.7 Å². The van der Waals surface area contributed by atoms with E-state index >= 15 is 0 Å². The largest absolute Gasteiger partial charge is 0.462 e. The van der Waals surface area contributed by atoms with Gasteiger partial charge < -0.3 is 15.8 Å². The zero-order chi connectivity index (χ0) is 20.6. The molecule has 2 aromatic heterocycles. The molecule has 150 valence electrons. The highest BCUT2D eigenvalue weighted by Crippen LogP contribution is 2.23. The number of hydrogen-bond donors (Lipinski definition) is 2. The van der Waals surface area contributed by atoms with Crippen molar-refractivity contribution in [3.05, 3.63) is 57.7 Å². The van der Waals surface area contributed by atoms with Crippen LogP contribution in [0.1, 0.15) is 37.7 Å². The molecule has 0 aliphatic rings. The predicted octanol–water partition coefficient (Wildman–Crippen LogP) is 2.31. The molecular weight excluding hydrogens is 412 g/mol. The Bertz CT molecular complexity index is 996. The van der Waals surface area contributed by atoms with Crippen LogP contribution in [0.3, 0.4) is 0 Å². The van der Waals surface area contributed by atoms with Gasteiger partial charge in [-0.3, -0.25) is 4.79 Å².